The minimum atomic E-state index is -0.314. The normalized spacial score (nSPS) is 21.0. The molecule has 1 radical (unpaired) electrons. The van der Waals surface area contributed by atoms with E-state index in [9.17, 15) is 4.79 Å². The van der Waals surface area contributed by atoms with Crippen molar-refractivity contribution < 1.29 is 24.9 Å². The van der Waals surface area contributed by atoms with Gasteiger partial charge in [0.15, 0.2) is 5.78 Å². The zero-order valence-electron chi connectivity index (χ0n) is 16.2. The molecule has 2 spiro atoms. The molecule has 0 atom stereocenters. The Morgan fingerprint density at radius 2 is 1.62 bits per heavy atom. The molecule has 3 aliphatic rings. The number of hydrogen-bond acceptors (Lipinski definition) is 2. The fourth-order valence-corrected chi connectivity index (χ4v) is 6.52. The molecule has 4 heteroatoms. The molecule has 3 nitrogen and oxygen atoms in total. The quantitative estimate of drug-likeness (QED) is 0.253. The predicted octanol–water partition coefficient (Wildman–Crippen LogP) is 5.94. The number of pyridine rings is 1. The van der Waals surface area contributed by atoms with Gasteiger partial charge in [-0.25, -0.2) is 0 Å². The van der Waals surface area contributed by atoms with Gasteiger partial charge in [0.2, 0.25) is 0 Å². The van der Waals surface area contributed by atoms with E-state index in [2.05, 4.69) is 17.0 Å². The summed E-state index contributed by atoms with van der Waals surface area (Å²) in [7, 11) is 0. The zero-order chi connectivity index (χ0) is 18.9. The van der Waals surface area contributed by atoms with Gasteiger partial charge >= 0.3 is 0 Å². The molecule has 2 aromatic carbocycles. The number of ketones is 1. The van der Waals surface area contributed by atoms with Crippen molar-refractivity contribution in [3.8, 4) is 0 Å². The van der Waals surface area contributed by atoms with Gasteiger partial charge in [-0.3, -0.25) is 9.64 Å². The third-order valence-corrected chi connectivity index (χ3v) is 7.68. The topological polar surface area (TPSA) is 34.3 Å². The van der Waals surface area contributed by atoms with E-state index in [1.807, 2.05) is 24.4 Å². The summed E-state index contributed by atoms with van der Waals surface area (Å²) in [6, 6.07) is 11.1. The first-order valence-electron chi connectivity index (χ1n) is 10.4. The van der Waals surface area contributed by atoms with E-state index < -0.39 is 0 Å². The third-order valence-electron chi connectivity index (χ3n) is 7.68. The van der Waals surface area contributed by atoms with Gasteiger partial charge in [-0.2, -0.15) is 6.07 Å². The van der Waals surface area contributed by atoms with Crippen molar-refractivity contribution in [1.82, 2.24) is 4.98 Å². The summed E-state index contributed by atoms with van der Waals surface area (Å²) >= 11 is 0. The predicted molar refractivity (Wildman–Crippen MR) is 110 cm³/mol. The molecule has 1 heterocycles. The van der Waals surface area contributed by atoms with Crippen LogP contribution in [0.2, 0.25) is 0 Å². The van der Waals surface area contributed by atoms with Crippen molar-refractivity contribution in [3.63, 3.8) is 0 Å². The Hall–Kier alpha value is -2.08. The smallest absolute Gasteiger partial charge is 0.153 e. The van der Waals surface area contributed by atoms with Crippen LogP contribution in [0.1, 0.15) is 62.5 Å². The Kier molecular flexibility index (Phi) is 4.21. The number of hydrogen-bond donors (Lipinski definition) is 0. The van der Waals surface area contributed by atoms with Gasteiger partial charge in [0, 0.05) is 26.3 Å². The van der Waals surface area contributed by atoms with E-state index in [0.717, 1.165) is 73.0 Å². The Labute approximate surface area is 184 Å². The van der Waals surface area contributed by atoms with Crippen LogP contribution in [-0.4, -0.2) is 10.8 Å². The Balaban J connectivity index is 0.00000181. The maximum absolute atomic E-state index is 13.9. The van der Waals surface area contributed by atoms with Crippen molar-refractivity contribution in [2.75, 3.05) is 0 Å². The fraction of sp³-hybridized carbons (Fsp3) is 0.400. The number of carbonyl (C=O) groups is 1. The summed E-state index contributed by atoms with van der Waals surface area (Å²) in [6.45, 7) is 7.47. The molecule has 29 heavy (non-hydrogen) atoms. The second-order valence-corrected chi connectivity index (χ2v) is 8.81. The molecule has 0 aliphatic heterocycles. The van der Waals surface area contributed by atoms with Gasteiger partial charge in [0.05, 0.1) is 17.4 Å². The number of aromatic nitrogens is 1. The molecule has 0 saturated heterocycles. The third kappa shape index (κ3) is 2.21. The Bertz CT molecular complexity index is 1210. The van der Waals surface area contributed by atoms with Crippen molar-refractivity contribution in [3.05, 3.63) is 59.1 Å². The Morgan fingerprint density at radius 1 is 0.966 bits per heavy atom. The standard InChI is InChI=1S/C25H21N2O.Ir/c1-26-20-8-6-7-17-16(20)9-10-18-21-19(15-27-22(17)18)24(11-2-3-12-24)23(28)25(21)13-4-5-14-25;/h6,8-10,15H,2-5,11-14H2;/q-1;. The first-order chi connectivity index (χ1) is 13.7. The van der Waals surface area contributed by atoms with Gasteiger partial charge in [0.25, 0.3) is 0 Å². The minimum Gasteiger partial charge on any atom is -0.304 e. The van der Waals surface area contributed by atoms with Crippen LogP contribution < -0.4 is 0 Å². The molecule has 2 saturated carbocycles. The first-order valence-corrected chi connectivity index (χ1v) is 10.4. The number of Topliss-reactive ketones (excluding diaryl/α,β-unsaturated/α-hetero) is 1. The van der Waals surface area contributed by atoms with Crippen LogP contribution in [0.5, 0.6) is 0 Å². The molecule has 3 aliphatic carbocycles. The number of rotatable bonds is 0. The number of nitrogens with zero attached hydrogens (tertiary/aromatic N) is 2. The average molecular weight is 558 g/mol. The average Bonchev–Trinajstić information content (AvgIpc) is 3.46. The Morgan fingerprint density at radius 3 is 2.31 bits per heavy atom. The fourth-order valence-electron chi connectivity index (χ4n) is 6.52. The van der Waals surface area contributed by atoms with Crippen molar-refractivity contribution >= 4 is 33.1 Å². The van der Waals surface area contributed by atoms with E-state index in [1.54, 1.807) is 0 Å². The maximum atomic E-state index is 13.9. The molecule has 0 bridgehead atoms. The summed E-state index contributed by atoms with van der Waals surface area (Å²) in [5, 5.41) is 2.92. The van der Waals surface area contributed by atoms with Crippen LogP contribution in [0.3, 0.4) is 0 Å². The largest absolute Gasteiger partial charge is 0.304 e. The van der Waals surface area contributed by atoms with Crippen molar-refractivity contribution in [2.24, 2.45) is 0 Å². The van der Waals surface area contributed by atoms with Gasteiger partial charge < -0.3 is 4.98 Å². The van der Waals surface area contributed by atoms with E-state index in [0.29, 0.717) is 11.5 Å². The number of benzene rings is 2. The first kappa shape index (κ1) is 18.9. The summed E-state index contributed by atoms with van der Waals surface area (Å²) in [6.07, 6.45) is 10.5. The van der Waals surface area contributed by atoms with Crippen LogP contribution in [0.15, 0.2) is 30.5 Å². The molecule has 1 aromatic heterocycles. The second kappa shape index (κ2) is 6.46. The molecule has 0 N–H and O–H groups in total. The van der Waals surface area contributed by atoms with Gasteiger partial charge in [-0.05, 0) is 47.7 Å². The van der Waals surface area contributed by atoms with Crippen LogP contribution in [0.4, 0.5) is 5.69 Å². The summed E-state index contributed by atoms with van der Waals surface area (Å²) in [5.41, 5.74) is 3.41. The van der Waals surface area contributed by atoms with Crippen LogP contribution in [0.25, 0.3) is 26.5 Å². The van der Waals surface area contributed by atoms with Crippen LogP contribution in [-0.2, 0) is 35.7 Å². The monoisotopic (exact) mass is 558 g/mol. The van der Waals surface area contributed by atoms with Crippen LogP contribution in [0, 0.1) is 12.6 Å². The molecule has 0 unspecified atom stereocenters. The molecule has 2 fully saturated rings. The maximum Gasteiger partial charge on any atom is 0.153 e. The molecule has 147 valence electrons. The molecular formula is C25H21IrN2O-. The minimum absolute atomic E-state index is 0. The molecule has 0 amide bonds. The van der Waals surface area contributed by atoms with E-state index in [4.69, 9.17) is 11.6 Å². The zero-order valence-corrected chi connectivity index (χ0v) is 18.6. The van der Waals surface area contributed by atoms with E-state index in [1.165, 1.54) is 11.1 Å². The van der Waals surface area contributed by atoms with Crippen molar-refractivity contribution in [2.45, 2.75) is 62.2 Å². The summed E-state index contributed by atoms with van der Waals surface area (Å²) in [4.78, 5) is 22.5. The summed E-state index contributed by atoms with van der Waals surface area (Å²) in [5.74, 6) is 0.485. The summed E-state index contributed by atoms with van der Waals surface area (Å²) < 4.78 is 0. The van der Waals surface area contributed by atoms with Gasteiger partial charge in [-0.15, -0.1) is 29.0 Å². The molecule has 6 rings (SSSR count). The van der Waals surface area contributed by atoms with E-state index in [-0.39, 0.29) is 30.9 Å². The van der Waals surface area contributed by atoms with E-state index >= 15 is 0 Å². The molecule has 3 aromatic rings. The molecular weight excluding hydrogens is 537 g/mol. The van der Waals surface area contributed by atoms with Crippen LogP contribution >= 0.6 is 0 Å². The van der Waals surface area contributed by atoms with Gasteiger partial charge in [0.1, 0.15) is 5.69 Å². The second-order valence-electron chi connectivity index (χ2n) is 8.81. The number of fused-ring (bicyclic) bond motifs is 7. The number of carbonyl (C=O) groups excluding carboxylic acids is 1. The van der Waals surface area contributed by atoms with Gasteiger partial charge in [-0.1, -0.05) is 31.7 Å². The van der Waals surface area contributed by atoms with Crippen molar-refractivity contribution in [1.29, 1.82) is 0 Å². The SMILES string of the molecule is [C-]#[N+]c1cc[c-]c2c1ccc1c3c(cnc12)C1(CCCC1)C(=O)C31CCCC1.[Ir].